The second-order valence-corrected chi connectivity index (χ2v) is 7.79. The summed E-state index contributed by atoms with van der Waals surface area (Å²) in [6, 6.07) is 17.1. The predicted octanol–water partition coefficient (Wildman–Crippen LogP) is 3.57. The van der Waals surface area contributed by atoms with Crippen molar-refractivity contribution in [1.29, 1.82) is 0 Å². The molecule has 0 aliphatic carbocycles. The molecule has 0 spiro atoms. The van der Waals surface area contributed by atoms with Gasteiger partial charge in [0.25, 0.3) is 0 Å². The second kappa shape index (κ2) is 6.55. The quantitative estimate of drug-likeness (QED) is 0.548. The number of likely N-dealkylation sites (N-methyl/N-ethyl adjacent to an activating group) is 1. The number of para-hydroxylation sites is 4. The molecule has 0 bridgehead atoms. The number of rotatable bonds is 4. The van der Waals surface area contributed by atoms with Gasteiger partial charge in [0.05, 0.1) is 22.1 Å². The van der Waals surface area contributed by atoms with Crippen LogP contribution in [0.4, 0.5) is 11.9 Å². The Morgan fingerprint density at radius 2 is 1.57 bits per heavy atom. The van der Waals surface area contributed by atoms with Gasteiger partial charge >= 0.3 is 0 Å². The van der Waals surface area contributed by atoms with E-state index in [4.69, 9.17) is 9.97 Å². The molecule has 3 heterocycles. The zero-order valence-electron chi connectivity index (χ0n) is 16.7. The lowest BCUT2D eigenvalue weighted by Crippen LogP contribution is -2.40. The van der Waals surface area contributed by atoms with Gasteiger partial charge in [0.15, 0.2) is 0 Å². The van der Waals surface area contributed by atoms with E-state index >= 15 is 0 Å². The van der Waals surface area contributed by atoms with E-state index < -0.39 is 0 Å². The summed E-state index contributed by atoms with van der Waals surface area (Å²) in [6.07, 6.45) is 2.38. The Hall–Kier alpha value is -3.02. The number of imidazole rings is 2. The van der Waals surface area contributed by atoms with E-state index in [1.807, 2.05) is 6.07 Å². The van der Waals surface area contributed by atoms with Crippen molar-refractivity contribution in [2.24, 2.45) is 14.1 Å². The number of hydrogen-bond donors (Lipinski definition) is 0. The van der Waals surface area contributed by atoms with Crippen molar-refractivity contribution in [2.45, 2.75) is 18.9 Å². The van der Waals surface area contributed by atoms with Gasteiger partial charge in [-0.05, 0) is 37.1 Å². The van der Waals surface area contributed by atoms with Crippen LogP contribution >= 0.6 is 0 Å². The van der Waals surface area contributed by atoms with E-state index in [1.165, 1.54) is 23.9 Å². The molecule has 1 atom stereocenters. The van der Waals surface area contributed by atoms with E-state index in [2.05, 4.69) is 82.5 Å². The highest BCUT2D eigenvalue weighted by Gasteiger charge is 2.30. The highest BCUT2D eigenvalue weighted by atomic mass is 15.4. The number of aromatic nitrogens is 4. The predicted molar refractivity (Wildman–Crippen MR) is 115 cm³/mol. The number of anilines is 2. The first-order valence-electron chi connectivity index (χ1n) is 9.94. The van der Waals surface area contributed by atoms with Gasteiger partial charge < -0.3 is 18.9 Å². The lowest BCUT2D eigenvalue weighted by molar-refractivity contribution is 0.626. The summed E-state index contributed by atoms with van der Waals surface area (Å²) in [4.78, 5) is 14.5. The van der Waals surface area contributed by atoms with Gasteiger partial charge in [-0.1, -0.05) is 24.3 Å². The average Bonchev–Trinajstić information content (AvgIpc) is 3.39. The number of benzene rings is 2. The molecule has 1 fully saturated rings. The summed E-state index contributed by atoms with van der Waals surface area (Å²) in [7, 11) is 6.36. The first-order valence-corrected chi connectivity index (χ1v) is 9.94. The number of nitrogens with zero attached hydrogens (tertiary/aromatic N) is 6. The third kappa shape index (κ3) is 2.63. The molecule has 0 unspecified atom stereocenters. The molecule has 0 N–H and O–H groups in total. The number of fused-ring (bicyclic) bond motifs is 2. The summed E-state index contributed by atoms with van der Waals surface area (Å²) in [5.74, 6) is 2.08. The molecule has 0 amide bonds. The fourth-order valence-electron chi connectivity index (χ4n) is 4.55. The Kier molecular flexibility index (Phi) is 4.00. The molecule has 2 aromatic carbocycles. The van der Waals surface area contributed by atoms with Crippen molar-refractivity contribution in [3.63, 3.8) is 0 Å². The monoisotopic (exact) mass is 374 g/mol. The third-order valence-electron chi connectivity index (χ3n) is 5.99. The molecular weight excluding hydrogens is 348 g/mol. The molecule has 2 aromatic heterocycles. The van der Waals surface area contributed by atoms with E-state index in [9.17, 15) is 0 Å². The molecule has 144 valence electrons. The van der Waals surface area contributed by atoms with Crippen LogP contribution in [0, 0.1) is 0 Å². The van der Waals surface area contributed by atoms with E-state index in [0.29, 0.717) is 6.04 Å². The van der Waals surface area contributed by atoms with Crippen molar-refractivity contribution in [1.82, 2.24) is 19.1 Å². The zero-order chi connectivity index (χ0) is 19.3. The highest BCUT2D eigenvalue weighted by Crippen LogP contribution is 2.29. The first-order chi connectivity index (χ1) is 13.6. The van der Waals surface area contributed by atoms with Gasteiger partial charge in [-0.2, -0.15) is 0 Å². The fourth-order valence-corrected chi connectivity index (χ4v) is 4.55. The van der Waals surface area contributed by atoms with Crippen LogP contribution in [-0.2, 0) is 14.1 Å². The minimum absolute atomic E-state index is 0.431. The molecule has 6 nitrogen and oxygen atoms in total. The average molecular weight is 374 g/mol. The van der Waals surface area contributed by atoms with Gasteiger partial charge in [0.1, 0.15) is 0 Å². The van der Waals surface area contributed by atoms with E-state index in [0.717, 1.165) is 36.0 Å². The zero-order valence-corrected chi connectivity index (χ0v) is 16.7. The van der Waals surface area contributed by atoms with Crippen molar-refractivity contribution in [3.05, 3.63) is 48.5 Å². The largest absolute Gasteiger partial charge is 0.343 e. The molecule has 28 heavy (non-hydrogen) atoms. The maximum Gasteiger partial charge on any atom is 0.206 e. The van der Waals surface area contributed by atoms with Gasteiger partial charge in [-0.25, -0.2) is 9.97 Å². The van der Waals surface area contributed by atoms with Gasteiger partial charge in [-0.3, -0.25) is 0 Å². The topological polar surface area (TPSA) is 42.1 Å². The van der Waals surface area contributed by atoms with Crippen LogP contribution in [0.25, 0.3) is 22.1 Å². The van der Waals surface area contributed by atoms with Crippen molar-refractivity contribution >= 4 is 34.0 Å². The highest BCUT2D eigenvalue weighted by molar-refractivity contribution is 5.79. The summed E-state index contributed by atoms with van der Waals surface area (Å²) < 4.78 is 4.41. The lowest BCUT2D eigenvalue weighted by atomic mass is 10.2. The number of aryl methyl sites for hydroxylation is 2. The molecule has 6 heteroatoms. The van der Waals surface area contributed by atoms with Crippen molar-refractivity contribution in [3.8, 4) is 0 Å². The smallest absolute Gasteiger partial charge is 0.206 e. The fraction of sp³-hybridized carbons (Fsp3) is 0.364. The maximum absolute atomic E-state index is 4.93. The molecule has 1 saturated heterocycles. The summed E-state index contributed by atoms with van der Waals surface area (Å²) >= 11 is 0. The van der Waals surface area contributed by atoms with Crippen molar-refractivity contribution < 1.29 is 0 Å². The summed E-state index contributed by atoms with van der Waals surface area (Å²) in [6.45, 7) is 1.98. The number of hydrogen-bond acceptors (Lipinski definition) is 4. The minimum atomic E-state index is 0.431. The van der Waals surface area contributed by atoms with Crippen LogP contribution < -0.4 is 9.80 Å². The first kappa shape index (κ1) is 17.1. The summed E-state index contributed by atoms with van der Waals surface area (Å²) in [5.41, 5.74) is 4.47. The Morgan fingerprint density at radius 3 is 2.25 bits per heavy atom. The van der Waals surface area contributed by atoms with Gasteiger partial charge in [0, 0.05) is 40.3 Å². The molecule has 4 aromatic rings. The Balaban J connectivity index is 1.43. The normalized spacial score (nSPS) is 17.1. The third-order valence-corrected chi connectivity index (χ3v) is 5.99. The lowest BCUT2D eigenvalue weighted by Gasteiger charge is -2.30. The van der Waals surface area contributed by atoms with Crippen molar-refractivity contribution in [2.75, 3.05) is 29.9 Å². The van der Waals surface area contributed by atoms with Crippen LogP contribution in [0.5, 0.6) is 0 Å². The Morgan fingerprint density at radius 1 is 0.929 bits per heavy atom. The van der Waals surface area contributed by atoms with E-state index in [-0.39, 0.29) is 0 Å². The standard InChI is InChI=1S/C22H26N6/c1-25(21-23-17-10-4-6-12-19(17)26(21)2)15-16-9-8-14-28(16)22-24-18-11-5-7-13-20(18)27(22)3/h4-7,10-13,16H,8-9,14-15H2,1-3H3/t16-/m0/s1. The molecule has 0 saturated carbocycles. The molecule has 5 rings (SSSR count). The van der Waals surface area contributed by atoms with E-state index in [1.54, 1.807) is 0 Å². The van der Waals surface area contributed by atoms with Crippen LogP contribution in [0.3, 0.4) is 0 Å². The Bertz CT molecular complexity index is 1140. The molecule has 1 aliphatic heterocycles. The second-order valence-electron chi connectivity index (χ2n) is 7.79. The van der Waals surface area contributed by atoms with Crippen LogP contribution in [0.15, 0.2) is 48.5 Å². The maximum atomic E-state index is 4.93. The van der Waals surface area contributed by atoms with Crippen LogP contribution in [0.2, 0.25) is 0 Å². The minimum Gasteiger partial charge on any atom is -0.343 e. The van der Waals surface area contributed by atoms with Gasteiger partial charge in [0.2, 0.25) is 11.9 Å². The molecule has 0 radical (unpaired) electrons. The Labute approximate surface area is 165 Å². The summed E-state index contributed by atoms with van der Waals surface area (Å²) in [5, 5.41) is 0. The molecule has 1 aliphatic rings. The van der Waals surface area contributed by atoms with Crippen LogP contribution in [-0.4, -0.2) is 45.3 Å². The molecular formula is C22H26N6. The van der Waals surface area contributed by atoms with Crippen LogP contribution in [0.1, 0.15) is 12.8 Å². The SMILES string of the molecule is CN(C[C@@H]1CCCN1c1nc2ccccc2n1C)c1nc2ccccc2n1C. The van der Waals surface area contributed by atoms with Gasteiger partial charge in [-0.15, -0.1) is 0 Å².